The molecule has 2 aliphatic rings. The van der Waals surface area contributed by atoms with Crippen LogP contribution in [0.15, 0.2) is 18.3 Å². The number of ether oxygens (including phenoxy) is 2. The Morgan fingerprint density at radius 3 is 2.91 bits per heavy atom. The van der Waals surface area contributed by atoms with E-state index in [2.05, 4.69) is 15.2 Å². The van der Waals surface area contributed by atoms with Gasteiger partial charge in [0.2, 0.25) is 5.82 Å². The first kappa shape index (κ1) is 16.1. The molecule has 0 unspecified atom stereocenters. The molecule has 0 saturated carbocycles. The van der Waals surface area contributed by atoms with Gasteiger partial charge in [-0.1, -0.05) is 0 Å². The number of nitrogens with zero attached hydrogens (tertiary/aromatic N) is 3. The van der Waals surface area contributed by atoms with Gasteiger partial charge in [0.15, 0.2) is 0 Å². The van der Waals surface area contributed by atoms with E-state index in [0.29, 0.717) is 18.3 Å². The molecule has 3 heterocycles. The van der Waals surface area contributed by atoms with Crippen molar-refractivity contribution in [2.45, 2.75) is 12.5 Å². The molecule has 0 aliphatic carbocycles. The zero-order chi connectivity index (χ0) is 16.1. The van der Waals surface area contributed by atoms with E-state index in [1.807, 2.05) is 0 Å². The van der Waals surface area contributed by atoms with Crippen molar-refractivity contribution in [3.8, 4) is 0 Å². The lowest BCUT2D eigenvalue weighted by Gasteiger charge is -2.37. The van der Waals surface area contributed by atoms with Gasteiger partial charge in [-0.3, -0.25) is 15.0 Å². The second kappa shape index (κ2) is 7.67. The number of rotatable bonds is 6. The molecule has 126 valence electrons. The molecule has 0 bridgehead atoms. The van der Waals surface area contributed by atoms with E-state index in [0.717, 1.165) is 45.9 Å². The van der Waals surface area contributed by atoms with E-state index in [1.54, 1.807) is 12.3 Å². The molecule has 0 spiro atoms. The van der Waals surface area contributed by atoms with E-state index in [9.17, 15) is 10.1 Å². The fraction of sp³-hybridized carbons (Fsp3) is 0.667. The summed E-state index contributed by atoms with van der Waals surface area (Å²) in [5, 5.41) is 14.3. The van der Waals surface area contributed by atoms with Crippen LogP contribution in [0.25, 0.3) is 0 Å². The van der Waals surface area contributed by atoms with Crippen LogP contribution in [0.4, 0.5) is 11.5 Å². The van der Waals surface area contributed by atoms with Gasteiger partial charge in [0.1, 0.15) is 0 Å². The first-order valence-electron chi connectivity index (χ1n) is 7.98. The summed E-state index contributed by atoms with van der Waals surface area (Å²) in [5.74, 6) is 0.762. The van der Waals surface area contributed by atoms with Crippen molar-refractivity contribution < 1.29 is 14.4 Å². The lowest BCUT2D eigenvalue weighted by atomic mass is 9.97. The van der Waals surface area contributed by atoms with Gasteiger partial charge in [-0.25, -0.2) is 4.98 Å². The summed E-state index contributed by atoms with van der Waals surface area (Å²) in [7, 11) is 0. The normalized spacial score (nSPS) is 23.6. The minimum Gasteiger partial charge on any atom is -0.381 e. The topological polar surface area (TPSA) is 89.8 Å². The van der Waals surface area contributed by atoms with Gasteiger partial charge in [0.05, 0.1) is 24.7 Å². The lowest BCUT2D eigenvalue weighted by Crippen LogP contribution is -2.50. The SMILES string of the molecule is O=[N+]([O-])c1cccnc1NC[C@H]([C@H]1CCOC1)N1CCOCC1. The van der Waals surface area contributed by atoms with Crippen molar-refractivity contribution in [3.05, 3.63) is 28.4 Å². The van der Waals surface area contributed by atoms with Crippen molar-refractivity contribution >= 4 is 11.5 Å². The molecule has 0 amide bonds. The number of anilines is 1. The van der Waals surface area contributed by atoms with Crippen LogP contribution in [0.1, 0.15) is 6.42 Å². The summed E-state index contributed by atoms with van der Waals surface area (Å²) in [6.45, 7) is 5.37. The molecule has 2 atom stereocenters. The van der Waals surface area contributed by atoms with Crippen LogP contribution in [-0.2, 0) is 9.47 Å². The van der Waals surface area contributed by atoms with E-state index < -0.39 is 4.92 Å². The monoisotopic (exact) mass is 322 g/mol. The highest BCUT2D eigenvalue weighted by Gasteiger charge is 2.32. The third-order valence-corrected chi connectivity index (χ3v) is 4.49. The molecule has 1 aromatic rings. The van der Waals surface area contributed by atoms with Gasteiger partial charge in [-0.05, 0) is 12.5 Å². The Bertz CT molecular complexity index is 530. The van der Waals surface area contributed by atoms with Gasteiger partial charge < -0.3 is 14.8 Å². The van der Waals surface area contributed by atoms with E-state index >= 15 is 0 Å². The fourth-order valence-corrected chi connectivity index (χ4v) is 3.24. The Morgan fingerprint density at radius 1 is 1.39 bits per heavy atom. The molecule has 8 nitrogen and oxygen atoms in total. The quantitative estimate of drug-likeness (QED) is 0.620. The smallest absolute Gasteiger partial charge is 0.311 e. The summed E-state index contributed by atoms with van der Waals surface area (Å²) in [5.41, 5.74) is 0.0101. The standard InChI is InChI=1S/C15H22N4O4/c20-19(21)13-2-1-4-16-15(13)17-10-14(12-3-7-23-11-12)18-5-8-22-9-6-18/h1-2,4,12,14H,3,5-11H2,(H,16,17)/t12-,14+/m0/s1. The first-order chi connectivity index (χ1) is 11.3. The van der Waals surface area contributed by atoms with Crippen LogP contribution in [-0.4, -0.2) is 66.9 Å². The number of hydrogen-bond donors (Lipinski definition) is 1. The number of nitro groups is 1. The summed E-state index contributed by atoms with van der Waals surface area (Å²) in [6.07, 6.45) is 2.59. The zero-order valence-electron chi connectivity index (χ0n) is 13.0. The van der Waals surface area contributed by atoms with E-state index in [1.165, 1.54) is 6.07 Å². The lowest BCUT2D eigenvalue weighted by molar-refractivity contribution is -0.384. The van der Waals surface area contributed by atoms with Crippen molar-refractivity contribution in [1.29, 1.82) is 0 Å². The molecule has 1 N–H and O–H groups in total. The van der Waals surface area contributed by atoms with Gasteiger partial charge in [0, 0.05) is 50.5 Å². The molecule has 0 aromatic carbocycles. The number of pyridine rings is 1. The predicted octanol–water partition coefficient (Wildman–Crippen LogP) is 1.14. The van der Waals surface area contributed by atoms with E-state index in [-0.39, 0.29) is 11.7 Å². The largest absolute Gasteiger partial charge is 0.381 e. The van der Waals surface area contributed by atoms with Crippen molar-refractivity contribution in [2.75, 3.05) is 51.4 Å². The van der Waals surface area contributed by atoms with Crippen LogP contribution in [0.3, 0.4) is 0 Å². The van der Waals surface area contributed by atoms with Crippen LogP contribution >= 0.6 is 0 Å². The summed E-state index contributed by atoms with van der Waals surface area (Å²) in [6, 6.07) is 3.31. The van der Waals surface area contributed by atoms with E-state index in [4.69, 9.17) is 9.47 Å². The average Bonchev–Trinajstić information content (AvgIpc) is 3.10. The van der Waals surface area contributed by atoms with Crippen molar-refractivity contribution in [2.24, 2.45) is 5.92 Å². The molecule has 1 aromatic heterocycles. The van der Waals surface area contributed by atoms with Gasteiger partial charge in [-0.2, -0.15) is 0 Å². The van der Waals surface area contributed by atoms with Crippen LogP contribution in [0.5, 0.6) is 0 Å². The average molecular weight is 322 g/mol. The van der Waals surface area contributed by atoms with Crippen LogP contribution < -0.4 is 5.32 Å². The Morgan fingerprint density at radius 2 is 2.22 bits per heavy atom. The molecule has 8 heteroatoms. The summed E-state index contributed by atoms with van der Waals surface area (Å²) >= 11 is 0. The molecule has 3 rings (SSSR count). The first-order valence-corrected chi connectivity index (χ1v) is 7.98. The van der Waals surface area contributed by atoms with Gasteiger partial charge >= 0.3 is 5.69 Å². The number of aromatic nitrogens is 1. The third kappa shape index (κ3) is 3.95. The highest BCUT2D eigenvalue weighted by Crippen LogP contribution is 2.25. The summed E-state index contributed by atoms with van der Waals surface area (Å²) < 4.78 is 11.0. The Labute approximate surface area is 134 Å². The fourth-order valence-electron chi connectivity index (χ4n) is 3.24. The minimum atomic E-state index is -0.405. The second-order valence-corrected chi connectivity index (χ2v) is 5.85. The van der Waals surface area contributed by atoms with Crippen molar-refractivity contribution in [1.82, 2.24) is 9.88 Å². The van der Waals surface area contributed by atoms with Gasteiger partial charge in [-0.15, -0.1) is 0 Å². The summed E-state index contributed by atoms with van der Waals surface area (Å²) in [4.78, 5) is 17.2. The van der Waals surface area contributed by atoms with Crippen molar-refractivity contribution in [3.63, 3.8) is 0 Å². The highest BCUT2D eigenvalue weighted by molar-refractivity contribution is 5.55. The predicted molar refractivity (Wildman–Crippen MR) is 84.5 cm³/mol. The molecule has 2 aliphatic heterocycles. The Hall–Kier alpha value is -1.77. The third-order valence-electron chi connectivity index (χ3n) is 4.49. The maximum absolute atomic E-state index is 11.1. The Kier molecular flexibility index (Phi) is 5.37. The Balaban J connectivity index is 1.69. The van der Waals surface area contributed by atoms with Crippen LogP contribution in [0, 0.1) is 16.0 Å². The molecular formula is C15H22N4O4. The van der Waals surface area contributed by atoms with Gasteiger partial charge in [0.25, 0.3) is 0 Å². The molecule has 2 fully saturated rings. The number of nitrogens with one attached hydrogen (secondary N) is 1. The molecule has 23 heavy (non-hydrogen) atoms. The minimum absolute atomic E-state index is 0.0101. The highest BCUT2D eigenvalue weighted by atomic mass is 16.6. The molecular weight excluding hydrogens is 300 g/mol. The maximum atomic E-state index is 11.1. The van der Waals surface area contributed by atoms with Crippen LogP contribution in [0.2, 0.25) is 0 Å². The maximum Gasteiger partial charge on any atom is 0.311 e. The molecule has 0 radical (unpaired) electrons. The molecule has 2 saturated heterocycles. The zero-order valence-corrected chi connectivity index (χ0v) is 13.0. The number of morpholine rings is 1. The second-order valence-electron chi connectivity index (χ2n) is 5.85. The number of hydrogen-bond acceptors (Lipinski definition) is 7.